The van der Waals surface area contributed by atoms with Crippen molar-refractivity contribution in [3.63, 3.8) is 0 Å². The van der Waals surface area contributed by atoms with E-state index in [0.717, 1.165) is 4.31 Å². The molecule has 3 aromatic carbocycles. The number of esters is 2. The Balaban J connectivity index is 1.94. The van der Waals surface area contributed by atoms with Gasteiger partial charge in [0.2, 0.25) is 15.9 Å². The molecule has 0 saturated carbocycles. The second-order valence-corrected chi connectivity index (χ2v) is 10.9. The van der Waals surface area contributed by atoms with Crippen molar-refractivity contribution in [2.75, 3.05) is 26.1 Å². The van der Waals surface area contributed by atoms with E-state index in [-0.39, 0.29) is 28.3 Å². The van der Waals surface area contributed by atoms with Gasteiger partial charge in [-0.2, -0.15) is 4.31 Å². The van der Waals surface area contributed by atoms with Crippen molar-refractivity contribution in [2.24, 2.45) is 0 Å². The topological polar surface area (TPSA) is 119 Å². The van der Waals surface area contributed by atoms with Gasteiger partial charge in [-0.25, -0.2) is 18.0 Å². The zero-order valence-electron chi connectivity index (χ0n) is 19.7. The van der Waals surface area contributed by atoms with Crippen molar-refractivity contribution in [1.82, 2.24) is 4.31 Å². The van der Waals surface area contributed by atoms with Crippen molar-refractivity contribution in [3.8, 4) is 0 Å². The van der Waals surface area contributed by atoms with Gasteiger partial charge in [0.25, 0.3) is 0 Å². The summed E-state index contributed by atoms with van der Waals surface area (Å²) in [6, 6.07) is 16.5. The summed E-state index contributed by atoms with van der Waals surface area (Å²) in [5, 5.41) is 2.88. The number of ether oxygens (including phenoxy) is 2. The Bertz CT molecular complexity index is 1390. The van der Waals surface area contributed by atoms with Crippen molar-refractivity contribution in [1.29, 1.82) is 0 Å². The number of benzene rings is 3. The molecule has 0 fully saturated rings. The van der Waals surface area contributed by atoms with Gasteiger partial charge in [0, 0.05) is 21.7 Å². The molecule has 0 unspecified atom stereocenters. The Hall–Kier alpha value is -3.25. The lowest BCUT2D eigenvalue weighted by atomic mass is 10.1. The molecule has 1 amide bonds. The zero-order valence-corrected chi connectivity index (χ0v) is 22.9. The van der Waals surface area contributed by atoms with Crippen LogP contribution in [-0.2, 0) is 30.8 Å². The van der Waals surface area contributed by atoms with E-state index in [0.29, 0.717) is 15.1 Å². The van der Waals surface area contributed by atoms with Crippen molar-refractivity contribution in [3.05, 3.63) is 92.9 Å². The molecule has 194 valence electrons. The van der Waals surface area contributed by atoms with Crippen molar-refractivity contribution < 1.29 is 32.3 Å². The summed E-state index contributed by atoms with van der Waals surface area (Å²) in [5.41, 5.74) is 0.567. The van der Waals surface area contributed by atoms with Crippen LogP contribution in [-0.4, -0.2) is 51.3 Å². The molecular formula is C25H22BrClN2O7S. The Morgan fingerprint density at radius 1 is 0.919 bits per heavy atom. The van der Waals surface area contributed by atoms with E-state index in [4.69, 9.17) is 21.1 Å². The number of nitrogens with zero attached hydrogens (tertiary/aromatic N) is 1. The Kier molecular flexibility index (Phi) is 9.44. The zero-order chi connectivity index (χ0) is 27.2. The fraction of sp³-hybridized carbons (Fsp3) is 0.160. The lowest BCUT2D eigenvalue weighted by Gasteiger charge is -2.22. The molecule has 3 aromatic rings. The third kappa shape index (κ3) is 7.16. The van der Waals surface area contributed by atoms with E-state index >= 15 is 0 Å². The molecular weight excluding hydrogens is 588 g/mol. The summed E-state index contributed by atoms with van der Waals surface area (Å²) >= 11 is 9.53. The SMILES string of the molecule is COC(=O)c1cc(NC(=O)CN(Cc2ccccc2Cl)S(=O)(=O)c2ccc(Br)cc2)cc(C(=O)OC)c1. The lowest BCUT2D eigenvalue weighted by Crippen LogP contribution is -2.37. The number of hydrogen-bond donors (Lipinski definition) is 1. The number of halogens is 2. The average molecular weight is 610 g/mol. The first kappa shape index (κ1) is 28.3. The largest absolute Gasteiger partial charge is 0.465 e. The molecule has 0 aliphatic rings. The van der Waals surface area contributed by atoms with Crippen LogP contribution in [0.15, 0.2) is 76.1 Å². The van der Waals surface area contributed by atoms with E-state index in [9.17, 15) is 22.8 Å². The maximum Gasteiger partial charge on any atom is 0.337 e. The van der Waals surface area contributed by atoms with Gasteiger partial charge in [-0.05, 0) is 54.1 Å². The van der Waals surface area contributed by atoms with Gasteiger partial charge >= 0.3 is 11.9 Å². The number of rotatable bonds is 9. The highest BCUT2D eigenvalue weighted by molar-refractivity contribution is 9.10. The minimum absolute atomic E-state index is 0.00360. The quantitative estimate of drug-likeness (QED) is 0.355. The minimum atomic E-state index is -4.13. The van der Waals surface area contributed by atoms with E-state index in [2.05, 4.69) is 21.2 Å². The summed E-state index contributed by atoms with van der Waals surface area (Å²) in [4.78, 5) is 37.1. The summed E-state index contributed by atoms with van der Waals surface area (Å²) in [6.45, 7) is -0.763. The number of carbonyl (C=O) groups excluding carboxylic acids is 3. The molecule has 1 N–H and O–H groups in total. The second-order valence-electron chi connectivity index (χ2n) is 7.65. The van der Waals surface area contributed by atoms with Crippen LogP contribution in [0.25, 0.3) is 0 Å². The van der Waals surface area contributed by atoms with Crippen molar-refractivity contribution >= 4 is 61.1 Å². The number of carbonyl (C=O) groups is 3. The predicted molar refractivity (Wildman–Crippen MR) is 141 cm³/mol. The molecule has 0 aliphatic heterocycles. The van der Waals surface area contributed by atoms with Gasteiger partial charge in [0.05, 0.1) is 36.8 Å². The molecule has 0 saturated heterocycles. The fourth-order valence-corrected chi connectivity index (χ4v) is 5.16. The number of sulfonamides is 1. The summed E-state index contributed by atoms with van der Waals surface area (Å²) in [7, 11) is -1.78. The van der Waals surface area contributed by atoms with Crippen molar-refractivity contribution in [2.45, 2.75) is 11.4 Å². The predicted octanol–water partition coefficient (Wildman–Crippen LogP) is 4.51. The first-order valence-electron chi connectivity index (χ1n) is 10.7. The van der Waals surface area contributed by atoms with Gasteiger partial charge in [-0.15, -0.1) is 0 Å². The van der Waals surface area contributed by atoms with Crippen LogP contribution in [0.3, 0.4) is 0 Å². The van der Waals surface area contributed by atoms with Crippen LogP contribution in [0.4, 0.5) is 5.69 Å². The van der Waals surface area contributed by atoms with Gasteiger partial charge in [0.15, 0.2) is 0 Å². The highest BCUT2D eigenvalue weighted by Gasteiger charge is 2.28. The first-order valence-corrected chi connectivity index (χ1v) is 13.3. The monoisotopic (exact) mass is 608 g/mol. The number of nitrogens with one attached hydrogen (secondary N) is 1. The van der Waals surface area contributed by atoms with Crippen LogP contribution in [0.5, 0.6) is 0 Å². The van der Waals surface area contributed by atoms with Crippen LogP contribution in [0.2, 0.25) is 5.02 Å². The van der Waals surface area contributed by atoms with E-state index in [1.165, 1.54) is 44.6 Å². The van der Waals surface area contributed by atoms with E-state index < -0.39 is 34.4 Å². The maximum absolute atomic E-state index is 13.5. The third-order valence-corrected chi connectivity index (χ3v) is 7.84. The molecule has 3 rings (SSSR count). The summed E-state index contributed by atoms with van der Waals surface area (Å²) < 4.78 is 38.0. The second kappa shape index (κ2) is 12.3. The molecule has 0 radical (unpaired) electrons. The number of anilines is 1. The average Bonchev–Trinajstić information content (AvgIpc) is 2.88. The maximum atomic E-state index is 13.5. The Morgan fingerprint density at radius 2 is 1.49 bits per heavy atom. The smallest absolute Gasteiger partial charge is 0.337 e. The third-order valence-electron chi connectivity index (χ3n) is 5.13. The van der Waals surface area contributed by atoms with Gasteiger partial charge < -0.3 is 14.8 Å². The molecule has 0 heterocycles. The molecule has 0 aromatic heterocycles. The molecule has 9 nitrogen and oxygen atoms in total. The fourth-order valence-electron chi connectivity index (χ4n) is 3.33. The minimum Gasteiger partial charge on any atom is -0.465 e. The number of methoxy groups -OCH3 is 2. The van der Waals surface area contributed by atoms with Gasteiger partial charge in [-0.1, -0.05) is 45.7 Å². The molecule has 0 atom stereocenters. The number of hydrogen-bond acceptors (Lipinski definition) is 7. The summed E-state index contributed by atoms with van der Waals surface area (Å²) in [6.07, 6.45) is 0. The van der Waals surface area contributed by atoms with E-state index in [1.807, 2.05) is 0 Å². The molecule has 0 spiro atoms. The molecule has 12 heteroatoms. The van der Waals surface area contributed by atoms with Crippen LogP contribution < -0.4 is 5.32 Å². The highest BCUT2D eigenvalue weighted by atomic mass is 79.9. The molecule has 0 aliphatic carbocycles. The van der Waals surface area contributed by atoms with E-state index in [1.54, 1.807) is 36.4 Å². The van der Waals surface area contributed by atoms with Crippen LogP contribution >= 0.6 is 27.5 Å². The Morgan fingerprint density at radius 3 is 2.03 bits per heavy atom. The normalized spacial score (nSPS) is 11.2. The summed E-state index contributed by atoms with van der Waals surface area (Å²) in [5.74, 6) is -2.19. The molecule has 0 bridgehead atoms. The highest BCUT2D eigenvalue weighted by Crippen LogP contribution is 2.24. The number of amides is 1. The molecule has 37 heavy (non-hydrogen) atoms. The Labute approximate surface area is 227 Å². The van der Waals surface area contributed by atoms with Crippen LogP contribution in [0, 0.1) is 0 Å². The first-order chi connectivity index (χ1) is 17.5. The van der Waals surface area contributed by atoms with Gasteiger partial charge in [-0.3, -0.25) is 4.79 Å². The van der Waals surface area contributed by atoms with Crippen LogP contribution in [0.1, 0.15) is 26.3 Å². The lowest BCUT2D eigenvalue weighted by molar-refractivity contribution is -0.116. The standard InChI is InChI=1S/C25H22BrClN2O7S/c1-35-24(31)17-11-18(25(32)36-2)13-20(12-17)28-23(30)15-29(14-16-5-3-4-6-22(16)27)37(33,34)21-9-7-19(26)8-10-21/h3-13H,14-15H2,1-2H3,(H,28,30). The van der Waals surface area contributed by atoms with Gasteiger partial charge in [0.1, 0.15) is 0 Å².